The highest BCUT2D eigenvalue weighted by Gasteiger charge is 2.23. The number of aliphatic hydroxyl groups is 1. The first-order valence-corrected chi connectivity index (χ1v) is 23.0. The molecule has 0 aliphatic carbocycles. The van der Waals surface area contributed by atoms with Crippen LogP contribution in [-0.4, -0.2) is 54.3 Å². The van der Waals surface area contributed by atoms with Gasteiger partial charge in [-0.05, 0) is 70.6 Å². The van der Waals surface area contributed by atoms with Crippen LogP contribution in [-0.2, 0) is 27.9 Å². The van der Waals surface area contributed by atoms with Gasteiger partial charge in [-0.1, -0.05) is 147 Å². The summed E-state index contributed by atoms with van der Waals surface area (Å²) in [7, 11) is -4.42. The Bertz CT molecular complexity index is 970. The van der Waals surface area contributed by atoms with Crippen LogP contribution in [0.2, 0.25) is 0 Å². The highest BCUT2D eigenvalue weighted by atomic mass is 31.2. The molecular weight excluding hydrogens is 689 g/mol. The first-order chi connectivity index (χ1) is 25.8. The number of allylic oxidation sites excluding steroid dienone is 6. The largest absolute Gasteiger partial charge is 0.472 e. The van der Waals surface area contributed by atoms with Gasteiger partial charge in [-0.15, -0.1) is 0 Å². The van der Waals surface area contributed by atoms with Crippen LogP contribution in [0, 0.1) is 0 Å². The van der Waals surface area contributed by atoms with Gasteiger partial charge < -0.3 is 20.1 Å². The molecule has 9 nitrogen and oxygen atoms in total. The third-order valence-electron chi connectivity index (χ3n) is 9.04. The van der Waals surface area contributed by atoms with Crippen molar-refractivity contribution >= 4 is 19.7 Å². The van der Waals surface area contributed by atoms with Crippen LogP contribution in [0.1, 0.15) is 194 Å². The van der Waals surface area contributed by atoms with Crippen LogP contribution in [0.15, 0.2) is 36.5 Å². The van der Waals surface area contributed by atoms with E-state index in [1.165, 1.54) is 96.3 Å². The fourth-order valence-electron chi connectivity index (χ4n) is 5.76. The van der Waals surface area contributed by atoms with E-state index in [-0.39, 0.29) is 32.1 Å². The number of esters is 1. The van der Waals surface area contributed by atoms with E-state index in [9.17, 15) is 24.2 Å². The molecule has 0 aliphatic rings. The molecule has 0 saturated carbocycles. The van der Waals surface area contributed by atoms with Gasteiger partial charge in [0.2, 0.25) is 5.91 Å². The van der Waals surface area contributed by atoms with Crippen molar-refractivity contribution in [3.05, 3.63) is 36.5 Å². The van der Waals surface area contributed by atoms with E-state index in [4.69, 9.17) is 13.8 Å². The predicted molar refractivity (Wildman–Crippen MR) is 220 cm³/mol. The van der Waals surface area contributed by atoms with Crippen LogP contribution < -0.4 is 5.32 Å². The third kappa shape index (κ3) is 41.2. The first kappa shape index (κ1) is 51.2. The van der Waals surface area contributed by atoms with E-state index in [1.54, 1.807) is 0 Å². The molecule has 0 bridgehead atoms. The highest BCUT2D eigenvalue weighted by Crippen LogP contribution is 2.42. The Labute approximate surface area is 324 Å². The number of hydrogen-bond acceptors (Lipinski definition) is 7. The monoisotopic (exact) mass is 770 g/mol. The summed E-state index contributed by atoms with van der Waals surface area (Å²) in [6, 6.07) is 0. The molecule has 310 valence electrons. The Hall–Kier alpha value is -1.77. The number of unbranched alkanes of at least 4 members (excludes halogenated alkanes) is 21. The van der Waals surface area contributed by atoms with Gasteiger partial charge in [0.15, 0.2) is 0 Å². The number of rotatable bonds is 40. The first-order valence-electron chi connectivity index (χ1n) is 21.5. The molecule has 53 heavy (non-hydrogen) atoms. The molecular formula is C43H80NO8P. The Morgan fingerprint density at radius 3 is 1.55 bits per heavy atom. The number of amides is 1. The quantitative estimate of drug-likeness (QED) is 0.0243. The number of carbonyl (C=O) groups excluding carboxylic acids is 2. The zero-order valence-electron chi connectivity index (χ0n) is 34.0. The molecule has 1 amide bonds. The molecule has 0 saturated heterocycles. The van der Waals surface area contributed by atoms with Gasteiger partial charge in [-0.25, -0.2) is 4.57 Å². The maximum atomic E-state index is 12.1. The van der Waals surface area contributed by atoms with Crippen molar-refractivity contribution in [3.63, 3.8) is 0 Å². The Kier molecular flexibility index (Phi) is 38.6. The smallest absolute Gasteiger partial charge is 0.463 e. The topological polar surface area (TPSA) is 131 Å². The summed E-state index contributed by atoms with van der Waals surface area (Å²) in [6.45, 7) is 3.51. The summed E-state index contributed by atoms with van der Waals surface area (Å²) < 4.78 is 26.8. The van der Waals surface area contributed by atoms with Gasteiger partial charge in [0, 0.05) is 19.4 Å². The molecule has 10 heteroatoms. The molecule has 0 spiro atoms. The normalized spacial score (nSPS) is 13.7. The van der Waals surface area contributed by atoms with Crippen molar-refractivity contribution in [2.45, 2.75) is 200 Å². The maximum Gasteiger partial charge on any atom is 0.472 e. The van der Waals surface area contributed by atoms with E-state index in [0.29, 0.717) is 6.42 Å². The Balaban J connectivity index is 3.62. The summed E-state index contributed by atoms with van der Waals surface area (Å²) in [5.41, 5.74) is 0. The van der Waals surface area contributed by atoms with Crippen molar-refractivity contribution in [1.82, 2.24) is 5.32 Å². The molecule has 0 aromatic heterocycles. The minimum absolute atomic E-state index is 0.0764. The Morgan fingerprint density at radius 1 is 0.585 bits per heavy atom. The number of phosphoric acid groups is 1. The molecule has 2 atom stereocenters. The maximum absolute atomic E-state index is 12.1. The van der Waals surface area contributed by atoms with Crippen LogP contribution in [0.5, 0.6) is 0 Å². The van der Waals surface area contributed by atoms with Crippen LogP contribution in [0.25, 0.3) is 0 Å². The molecule has 2 unspecified atom stereocenters. The van der Waals surface area contributed by atoms with Gasteiger partial charge in [-0.3, -0.25) is 18.6 Å². The average molecular weight is 770 g/mol. The third-order valence-corrected chi connectivity index (χ3v) is 10.0. The number of phosphoric ester groups is 1. The van der Waals surface area contributed by atoms with Crippen molar-refractivity contribution in [3.8, 4) is 0 Å². The van der Waals surface area contributed by atoms with Gasteiger partial charge in [-0.2, -0.15) is 0 Å². The zero-order chi connectivity index (χ0) is 38.9. The lowest BCUT2D eigenvalue weighted by Crippen LogP contribution is -2.27. The lowest BCUT2D eigenvalue weighted by atomic mass is 10.1. The summed E-state index contributed by atoms with van der Waals surface area (Å²) >= 11 is 0. The van der Waals surface area contributed by atoms with Crippen molar-refractivity contribution in [2.75, 3.05) is 26.4 Å². The fourth-order valence-corrected chi connectivity index (χ4v) is 6.51. The van der Waals surface area contributed by atoms with E-state index >= 15 is 0 Å². The molecule has 0 aromatic carbocycles. The van der Waals surface area contributed by atoms with Crippen LogP contribution in [0.4, 0.5) is 0 Å². The molecule has 0 heterocycles. The summed E-state index contributed by atoms with van der Waals surface area (Å²) in [6.07, 6.45) is 43.5. The molecule has 0 fully saturated rings. The molecule has 0 radical (unpaired) electrons. The van der Waals surface area contributed by atoms with E-state index in [2.05, 4.69) is 55.6 Å². The lowest BCUT2D eigenvalue weighted by molar-refractivity contribution is -0.147. The molecule has 0 aromatic rings. The van der Waals surface area contributed by atoms with Gasteiger partial charge in [0.05, 0.1) is 13.2 Å². The Morgan fingerprint density at radius 2 is 1.02 bits per heavy atom. The predicted octanol–water partition coefficient (Wildman–Crippen LogP) is 11.8. The second kappa shape index (κ2) is 39.9. The standard InChI is InChI=1S/C43H80NO8P/c1-3-5-7-9-11-13-15-17-19-20-21-22-23-25-27-29-31-33-35-42(46)44-37-38-51-53(48,49)52-40-41(45)39-50-43(47)36-34-32-30-28-26-24-18-16-14-12-10-8-6-4-2/h13,15-16,18-20,41,45H,3-12,14,17,21-40H2,1-2H3,(H,44,46)(H,48,49)/b15-13-,18-16-,20-19-. The van der Waals surface area contributed by atoms with Crippen molar-refractivity contribution < 1.29 is 37.9 Å². The second-order valence-electron chi connectivity index (χ2n) is 14.3. The number of hydrogen-bond donors (Lipinski definition) is 3. The van der Waals surface area contributed by atoms with E-state index < -0.39 is 26.5 Å². The molecule has 0 rings (SSSR count). The van der Waals surface area contributed by atoms with Gasteiger partial charge in [0.1, 0.15) is 12.7 Å². The highest BCUT2D eigenvalue weighted by molar-refractivity contribution is 7.47. The van der Waals surface area contributed by atoms with Crippen molar-refractivity contribution in [2.24, 2.45) is 0 Å². The molecule has 0 aliphatic heterocycles. The minimum Gasteiger partial charge on any atom is -0.463 e. The summed E-state index contributed by atoms with van der Waals surface area (Å²) in [4.78, 5) is 33.9. The van der Waals surface area contributed by atoms with Crippen LogP contribution in [0.3, 0.4) is 0 Å². The zero-order valence-corrected chi connectivity index (χ0v) is 34.9. The second-order valence-corrected chi connectivity index (χ2v) is 15.8. The SMILES string of the molecule is CCCCCC/C=C\C/C=C\CCCCCCCCCC(=O)NCCOP(=O)(O)OCC(O)COC(=O)CCCCCCC/C=C\CCCCCCC. The van der Waals surface area contributed by atoms with E-state index in [1.807, 2.05) is 0 Å². The lowest BCUT2D eigenvalue weighted by Gasteiger charge is -2.15. The van der Waals surface area contributed by atoms with Crippen LogP contribution >= 0.6 is 7.82 Å². The fraction of sp³-hybridized carbons (Fsp3) is 0.814. The molecule has 3 N–H and O–H groups in total. The number of carbonyl (C=O) groups is 2. The minimum atomic E-state index is -4.42. The van der Waals surface area contributed by atoms with Gasteiger partial charge >= 0.3 is 13.8 Å². The summed E-state index contributed by atoms with van der Waals surface area (Å²) in [5.74, 6) is -0.532. The van der Waals surface area contributed by atoms with Gasteiger partial charge in [0.25, 0.3) is 0 Å². The number of aliphatic hydroxyl groups excluding tert-OH is 1. The van der Waals surface area contributed by atoms with E-state index in [0.717, 1.165) is 70.6 Å². The summed E-state index contributed by atoms with van der Waals surface area (Å²) in [5, 5.41) is 12.7. The average Bonchev–Trinajstić information content (AvgIpc) is 3.14. The van der Waals surface area contributed by atoms with Crippen molar-refractivity contribution in [1.29, 1.82) is 0 Å². The number of nitrogens with one attached hydrogen (secondary N) is 1. The number of ether oxygens (including phenoxy) is 1.